The molecule has 3 atom stereocenters. The lowest BCUT2D eigenvalue weighted by Crippen LogP contribution is -2.49. The maximum Gasteiger partial charge on any atom is 0.248 e. The van der Waals surface area contributed by atoms with Gasteiger partial charge in [-0.1, -0.05) is 30.3 Å². The minimum Gasteiger partial charge on any atom is -0.375 e. The molecule has 7 nitrogen and oxygen atoms in total. The first-order valence-electron chi connectivity index (χ1n) is 9.89. The Bertz CT molecular complexity index is 709. The van der Waals surface area contributed by atoms with Crippen LogP contribution >= 0.6 is 0 Å². The van der Waals surface area contributed by atoms with Crippen molar-refractivity contribution >= 4 is 17.7 Å². The highest BCUT2D eigenvalue weighted by Crippen LogP contribution is 2.33. The summed E-state index contributed by atoms with van der Waals surface area (Å²) in [7, 11) is 1.52. The molecule has 152 valence electrons. The number of fused-ring (bicyclic) bond motifs is 1. The molecule has 2 heterocycles. The number of primary amides is 1. The lowest BCUT2D eigenvalue weighted by atomic mass is 9.82. The van der Waals surface area contributed by atoms with E-state index >= 15 is 0 Å². The van der Waals surface area contributed by atoms with Crippen molar-refractivity contribution in [3.05, 3.63) is 35.9 Å². The van der Waals surface area contributed by atoms with E-state index in [1.165, 1.54) is 7.11 Å². The quantitative estimate of drug-likeness (QED) is 0.782. The van der Waals surface area contributed by atoms with Crippen molar-refractivity contribution in [1.82, 2.24) is 9.80 Å². The van der Waals surface area contributed by atoms with Crippen LogP contribution in [0.2, 0.25) is 0 Å². The Hall–Kier alpha value is -2.41. The van der Waals surface area contributed by atoms with Crippen molar-refractivity contribution in [2.24, 2.45) is 17.6 Å². The average molecular weight is 387 g/mol. The molecule has 0 saturated carbocycles. The standard InChI is InChI=1S/C21H29N3O4/c1-28-14-20(26)23-9-7-16-12-19(25)24(10-8-17(16)13-23)18(21(22)27)11-15-5-3-2-4-6-15/h2-6,16-18H,7-14H2,1H3,(H2,22,27)/t16-,17-,18-/m0/s1. The molecule has 0 aromatic heterocycles. The van der Waals surface area contributed by atoms with Gasteiger partial charge in [0, 0.05) is 39.6 Å². The van der Waals surface area contributed by atoms with Gasteiger partial charge in [0.2, 0.25) is 17.7 Å². The van der Waals surface area contributed by atoms with Crippen molar-refractivity contribution in [1.29, 1.82) is 0 Å². The van der Waals surface area contributed by atoms with Gasteiger partial charge in [0.25, 0.3) is 0 Å². The summed E-state index contributed by atoms with van der Waals surface area (Å²) in [6, 6.07) is 8.99. The summed E-state index contributed by atoms with van der Waals surface area (Å²) in [5, 5.41) is 0. The molecule has 0 aliphatic carbocycles. The molecule has 7 heteroatoms. The second-order valence-corrected chi connectivity index (χ2v) is 7.77. The third-order valence-corrected chi connectivity index (χ3v) is 5.99. The Morgan fingerprint density at radius 1 is 1.18 bits per heavy atom. The number of nitrogens with two attached hydrogens (primary N) is 1. The van der Waals surface area contributed by atoms with Gasteiger partial charge in [0.1, 0.15) is 12.6 Å². The monoisotopic (exact) mass is 387 g/mol. The van der Waals surface area contributed by atoms with E-state index in [2.05, 4.69) is 0 Å². The van der Waals surface area contributed by atoms with Crippen LogP contribution in [0.4, 0.5) is 0 Å². The first-order chi connectivity index (χ1) is 13.5. The molecular formula is C21H29N3O4. The molecule has 1 aromatic carbocycles. The molecule has 3 amide bonds. The van der Waals surface area contributed by atoms with E-state index in [0.29, 0.717) is 32.5 Å². The highest BCUT2D eigenvalue weighted by Gasteiger charge is 2.39. The number of benzene rings is 1. The first-order valence-corrected chi connectivity index (χ1v) is 9.89. The molecule has 2 fully saturated rings. The van der Waals surface area contributed by atoms with Gasteiger partial charge in [0.15, 0.2) is 0 Å². The molecule has 2 saturated heterocycles. The number of hydrogen-bond donors (Lipinski definition) is 1. The maximum atomic E-state index is 12.9. The number of carbonyl (C=O) groups excluding carboxylic acids is 3. The van der Waals surface area contributed by atoms with Crippen LogP contribution in [-0.4, -0.2) is 66.9 Å². The Morgan fingerprint density at radius 2 is 1.89 bits per heavy atom. The van der Waals surface area contributed by atoms with Gasteiger partial charge in [-0.3, -0.25) is 14.4 Å². The maximum absolute atomic E-state index is 12.9. The van der Waals surface area contributed by atoms with Crippen LogP contribution < -0.4 is 5.73 Å². The van der Waals surface area contributed by atoms with Gasteiger partial charge in [-0.25, -0.2) is 0 Å². The Kier molecular flexibility index (Phi) is 6.67. The van der Waals surface area contributed by atoms with E-state index in [1.807, 2.05) is 35.2 Å². The molecule has 2 aliphatic heterocycles. The van der Waals surface area contributed by atoms with Crippen LogP contribution in [-0.2, 0) is 25.5 Å². The molecule has 0 radical (unpaired) electrons. The summed E-state index contributed by atoms with van der Waals surface area (Å²) >= 11 is 0. The number of methoxy groups -OCH3 is 1. The third-order valence-electron chi connectivity index (χ3n) is 5.99. The number of carbonyl (C=O) groups is 3. The predicted octanol–water partition coefficient (Wildman–Crippen LogP) is 0.817. The van der Waals surface area contributed by atoms with Crippen molar-refractivity contribution < 1.29 is 19.1 Å². The summed E-state index contributed by atoms with van der Waals surface area (Å²) in [5.41, 5.74) is 6.65. The fourth-order valence-corrected chi connectivity index (χ4v) is 4.42. The molecule has 28 heavy (non-hydrogen) atoms. The van der Waals surface area contributed by atoms with E-state index in [-0.39, 0.29) is 30.3 Å². The van der Waals surface area contributed by atoms with Gasteiger partial charge in [-0.2, -0.15) is 0 Å². The van der Waals surface area contributed by atoms with Crippen LogP contribution in [0.3, 0.4) is 0 Å². The highest BCUT2D eigenvalue weighted by atomic mass is 16.5. The van der Waals surface area contributed by atoms with Crippen molar-refractivity contribution in [2.75, 3.05) is 33.4 Å². The third kappa shape index (κ3) is 4.70. The van der Waals surface area contributed by atoms with E-state index in [0.717, 1.165) is 18.4 Å². The van der Waals surface area contributed by atoms with Gasteiger partial charge in [-0.05, 0) is 30.2 Å². The summed E-state index contributed by atoms with van der Waals surface area (Å²) < 4.78 is 4.96. The minimum atomic E-state index is -0.638. The van der Waals surface area contributed by atoms with Crippen LogP contribution in [0.25, 0.3) is 0 Å². The van der Waals surface area contributed by atoms with Gasteiger partial charge >= 0.3 is 0 Å². The van der Waals surface area contributed by atoms with E-state index < -0.39 is 11.9 Å². The summed E-state index contributed by atoms with van der Waals surface area (Å²) in [6.45, 7) is 1.88. The van der Waals surface area contributed by atoms with Gasteiger partial charge < -0.3 is 20.3 Å². The Morgan fingerprint density at radius 3 is 2.57 bits per heavy atom. The molecule has 0 spiro atoms. The van der Waals surface area contributed by atoms with E-state index in [9.17, 15) is 14.4 Å². The van der Waals surface area contributed by atoms with Crippen LogP contribution in [0, 0.1) is 11.8 Å². The average Bonchev–Trinajstić information content (AvgIpc) is 2.84. The predicted molar refractivity (Wildman–Crippen MR) is 104 cm³/mol. The lowest BCUT2D eigenvalue weighted by Gasteiger charge is -2.37. The lowest BCUT2D eigenvalue weighted by molar-refractivity contribution is -0.140. The number of ether oxygens (including phenoxy) is 1. The van der Waals surface area contributed by atoms with Crippen molar-refractivity contribution in [2.45, 2.75) is 31.7 Å². The van der Waals surface area contributed by atoms with Gasteiger partial charge in [0.05, 0.1) is 0 Å². The normalized spacial score (nSPS) is 23.7. The molecule has 3 rings (SSSR count). The van der Waals surface area contributed by atoms with E-state index in [1.54, 1.807) is 4.90 Å². The van der Waals surface area contributed by atoms with Crippen LogP contribution in [0.5, 0.6) is 0 Å². The number of amides is 3. The van der Waals surface area contributed by atoms with Crippen molar-refractivity contribution in [3.63, 3.8) is 0 Å². The van der Waals surface area contributed by atoms with Crippen molar-refractivity contribution in [3.8, 4) is 0 Å². The zero-order chi connectivity index (χ0) is 20.1. The summed E-state index contributed by atoms with van der Waals surface area (Å²) in [6.07, 6.45) is 2.41. The van der Waals surface area contributed by atoms with Crippen LogP contribution in [0.15, 0.2) is 30.3 Å². The molecule has 2 aliphatic rings. The van der Waals surface area contributed by atoms with Gasteiger partial charge in [-0.15, -0.1) is 0 Å². The Balaban J connectivity index is 1.70. The number of likely N-dealkylation sites (tertiary alicyclic amines) is 2. The number of piperidine rings is 1. The van der Waals surface area contributed by atoms with E-state index in [4.69, 9.17) is 10.5 Å². The zero-order valence-corrected chi connectivity index (χ0v) is 16.4. The highest BCUT2D eigenvalue weighted by molar-refractivity contribution is 5.87. The molecule has 1 aromatic rings. The first kappa shape index (κ1) is 20.3. The topological polar surface area (TPSA) is 92.9 Å². The molecule has 0 bridgehead atoms. The summed E-state index contributed by atoms with van der Waals surface area (Å²) in [5.74, 6) is 0.0125. The molecule has 0 unspecified atom stereocenters. The number of hydrogen-bond acceptors (Lipinski definition) is 4. The zero-order valence-electron chi connectivity index (χ0n) is 16.4. The second kappa shape index (κ2) is 9.19. The molecular weight excluding hydrogens is 358 g/mol. The fourth-order valence-electron chi connectivity index (χ4n) is 4.42. The summed E-state index contributed by atoms with van der Waals surface area (Å²) in [4.78, 5) is 40.7. The minimum absolute atomic E-state index is 0.00697. The molecule has 2 N–H and O–H groups in total. The Labute approximate surface area is 165 Å². The number of nitrogens with zero attached hydrogens (tertiary/aromatic N) is 2. The largest absolute Gasteiger partial charge is 0.375 e. The smallest absolute Gasteiger partial charge is 0.248 e. The fraction of sp³-hybridized carbons (Fsp3) is 0.571. The second-order valence-electron chi connectivity index (χ2n) is 7.77. The SMILES string of the molecule is COCC(=O)N1CC[C@H]2CC(=O)N([C@@H](Cc3ccccc3)C(N)=O)CC[C@H]2C1. The van der Waals surface area contributed by atoms with Crippen LogP contribution in [0.1, 0.15) is 24.8 Å². The number of rotatable bonds is 6.